The number of carbonyl (C=O) groups is 1. The molecule has 0 bridgehead atoms. The second-order valence-electron chi connectivity index (χ2n) is 7.19. The Kier molecular flexibility index (Phi) is 4.60. The minimum absolute atomic E-state index is 0.0156. The first kappa shape index (κ1) is 19.1. The number of nitrogens with one attached hydrogen (secondary N) is 2. The first-order chi connectivity index (χ1) is 13.7. The van der Waals surface area contributed by atoms with E-state index in [0.29, 0.717) is 11.4 Å². The van der Waals surface area contributed by atoms with Crippen LogP contribution in [0.4, 0.5) is 24.7 Å². The van der Waals surface area contributed by atoms with Crippen LogP contribution in [0.1, 0.15) is 45.7 Å². The number of rotatable bonds is 3. The summed E-state index contributed by atoms with van der Waals surface area (Å²) in [6.07, 6.45) is -2.25. The molecule has 29 heavy (non-hydrogen) atoms. The molecule has 0 fully saturated rings. The van der Waals surface area contributed by atoms with E-state index in [2.05, 4.69) is 15.7 Å². The zero-order valence-corrected chi connectivity index (χ0v) is 15.7. The molecule has 2 atom stereocenters. The number of alkyl halides is 3. The largest absolute Gasteiger partial charge is 0.467 e. The fourth-order valence-corrected chi connectivity index (χ4v) is 3.65. The number of anilines is 2. The summed E-state index contributed by atoms with van der Waals surface area (Å²) in [5.41, 5.74) is 2.53. The molecule has 152 valence electrons. The number of carbonyl (C=O) groups excluding carboxylic acids is 1. The van der Waals surface area contributed by atoms with Crippen LogP contribution in [0.2, 0.25) is 0 Å². The summed E-state index contributed by atoms with van der Waals surface area (Å²) >= 11 is 0. The van der Waals surface area contributed by atoms with Gasteiger partial charge in [-0.15, -0.1) is 0 Å². The van der Waals surface area contributed by atoms with Crippen molar-refractivity contribution in [3.8, 4) is 0 Å². The van der Waals surface area contributed by atoms with Crippen LogP contribution in [0.3, 0.4) is 0 Å². The topological polar surface area (TPSA) is 72.1 Å². The summed E-state index contributed by atoms with van der Waals surface area (Å²) in [5, 5.41) is 9.59. The van der Waals surface area contributed by atoms with E-state index < -0.39 is 24.2 Å². The Morgan fingerprint density at radius 2 is 2.00 bits per heavy atom. The minimum Gasteiger partial charge on any atom is -0.467 e. The van der Waals surface area contributed by atoms with Crippen LogP contribution in [-0.2, 0) is 0 Å². The van der Waals surface area contributed by atoms with Crippen molar-refractivity contribution in [1.29, 1.82) is 0 Å². The first-order valence-corrected chi connectivity index (χ1v) is 9.06. The van der Waals surface area contributed by atoms with Gasteiger partial charge in [-0.05, 0) is 49.2 Å². The molecule has 0 saturated carbocycles. The molecule has 0 radical (unpaired) electrons. The Labute approximate surface area is 164 Å². The predicted octanol–water partition coefficient (Wildman–Crippen LogP) is 5.01. The molecule has 2 aromatic heterocycles. The van der Waals surface area contributed by atoms with Crippen molar-refractivity contribution in [3.05, 3.63) is 65.2 Å². The van der Waals surface area contributed by atoms with E-state index >= 15 is 0 Å². The molecule has 4 rings (SSSR count). The Hall–Kier alpha value is -3.23. The molecule has 1 aliphatic rings. The van der Waals surface area contributed by atoms with E-state index in [9.17, 15) is 18.0 Å². The average molecular weight is 404 g/mol. The number of aromatic nitrogens is 2. The normalized spacial score (nSPS) is 18.8. The molecule has 0 unspecified atom stereocenters. The van der Waals surface area contributed by atoms with Crippen molar-refractivity contribution in [2.24, 2.45) is 0 Å². The van der Waals surface area contributed by atoms with Gasteiger partial charge in [0, 0.05) is 12.1 Å². The van der Waals surface area contributed by atoms with Gasteiger partial charge in [-0.3, -0.25) is 4.79 Å². The lowest BCUT2D eigenvalue weighted by molar-refractivity contribution is -0.174. The Morgan fingerprint density at radius 3 is 2.62 bits per heavy atom. The Bertz CT molecular complexity index is 1020. The lowest BCUT2D eigenvalue weighted by atomic mass is 10.0. The molecule has 0 spiro atoms. The lowest BCUT2D eigenvalue weighted by Crippen LogP contribution is -2.36. The fourth-order valence-electron chi connectivity index (χ4n) is 3.65. The summed E-state index contributed by atoms with van der Waals surface area (Å²) < 4.78 is 47.1. The molecule has 1 amide bonds. The molecular weight excluding hydrogens is 385 g/mol. The van der Waals surface area contributed by atoms with E-state index in [-0.39, 0.29) is 17.8 Å². The van der Waals surface area contributed by atoms with Crippen LogP contribution in [0.15, 0.2) is 47.2 Å². The smallest absolute Gasteiger partial charge is 0.410 e. The maximum Gasteiger partial charge on any atom is 0.410 e. The number of amides is 1. The van der Waals surface area contributed by atoms with E-state index in [4.69, 9.17) is 4.42 Å². The van der Waals surface area contributed by atoms with E-state index in [1.807, 2.05) is 19.9 Å². The SMILES string of the molecule is Cc1cc(C)cc(NC(=O)c2cnn3c2N[C@H](c2ccco2)C[C@@H]3C(F)(F)F)c1. The maximum absolute atomic E-state index is 13.7. The van der Waals surface area contributed by atoms with E-state index in [1.54, 1.807) is 24.3 Å². The maximum atomic E-state index is 13.7. The molecule has 3 aromatic rings. The predicted molar refractivity (Wildman–Crippen MR) is 101 cm³/mol. The number of furan rings is 1. The van der Waals surface area contributed by atoms with E-state index in [0.717, 1.165) is 22.0 Å². The summed E-state index contributed by atoms with van der Waals surface area (Å²) in [6.45, 7) is 3.79. The van der Waals surface area contributed by atoms with Crippen LogP contribution < -0.4 is 10.6 Å². The van der Waals surface area contributed by atoms with Crippen molar-refractivity contribution in [1.82, 2.24) is 9.78 Å². The van der Waals surface area contributed by atoms with Crippen molar-refractivity contribution in [3.63, 3.8) is 0 Å². The van der Waals surface area contributed by atoms with Gasteiger partial charge in [-0.25, -0.2) is 4.68 Å². The summed E-state index contributed by atoms with van der Waals surface area (Å²) in [5.74, 6) is -0.154. The molecule has 3 heterocycles. The Morgan fingerprint density at radius 1 is 1.28 bits per heavy atom. The van der Waals surface area contributed by atoms with Gasteiger partial charge in [0.2, 0.25) is 0 Å². The summed E-state index contributed by atoms with van der Waals surface area (Å²) in [4.78, 5) is 12.8. The number of fused-ring (bicyclic) bond motifs is 1. The highest BCUT2D eigenvalue weighted by Crippen LogP contribution is 2.44. The van der Waals surface area contributed by atoms with Gasteiger partial charge in [0.15, 0.2) is 6.04 Å². The van der Waals surface area contributed by atoms with Crippen LogP contribution in [0, 0.1) is 13.8 Å². The third-order valence-corrected chi connectivity index (χ3v) is 4.85. The average Bonchev–Trinajstić information content (AvgIpc) is 3.28. The van der Waals surface area contributed by atoms with Gasteiger partial charge in [-0.2, -0.15) is 18.3 Å². The molecule has 0 saturated heterocycles. The van der Waals surface area contributed by atoms with Gasteiger partial charge in [0.1, 0.15) is 17.1 Å². The van der Waals surface area contributed by atoms with Gasteiger partial charge < -0.3 is 15.1 Å². The summed E-state index contributed by atoms with van der Waals surface area (Å²) in [6, 6.07) is 6.16. The van der Waals surface area contributed by atoms with Crippen molar-refractivity contribution >= 4 is 17.4 Å². The number of halogens is 3. The second-order valence-corrected chi connectivity index (χ2v) is 7.19. The number of hydrogen-bond acceptors (Lipinski definition) is 4. The number of benzene rings is 1. The molecule has 6 nitrogen and oxygen atoms in total. The standard InChI is InChI=1S/C20H19F3N4O2/c1-11-6-12(2)8-13(7-11)25-19(28)14-10-24-27-17(20(21,22)23)9-15(26-18(14)27)16-4-3-5-29-16/h3-8,10,15,17,26H,9H2,1-2H3,(H,25,28)/t15-,17+/m0/s1. The van der Waals surface area contributed by atoms with Crippen LogP contribution >= 0.6 is 0 Å². The third kappa shape index (κ3) is 3.72. The Balaban J connectivity index is 1.68. The summed E-state index contributed by atoms with van der Waals surface area (Å²) in [7, 11) is 0. The number of nitrogens with zero attached hydrogens (tertiary/aromatic N) is 2. The minimum atomic E-state index is -4.52. The third-order valence-electron chi connectivity index (χ3n) is 4.85. The van der Waals surface area contributed by atoms with Gasteiger partial charge in [-0.1, -0.05) is 6.07 Å². The first-order valence-electron chi connectivity index (χ1n) is 9.06. The van der Waals surface area contributed by atoms with Crippen molar-refractivity contribution < 1.29 is 22.4 Å². The van der Waals surface area contributed by atoms with E-state index in [1.165, 1.54) is 6.26 Å². The lowest BCUT2D eigenvalue weighted by Gasteiger charge is -2.32. The molecule has 1 aliphatic heterocycles. The fraction of sp³-hybridized carbons (Fsp3) is 0.300. The quantitative estimate of drug-likeness (QED) is 0.644. The van der Waals surface area contributed by atoms with Gasteiger partial charge in [0.25, 0.3) is 5.91 Å². The number of aryl methyl sites for hydroxylation is 2. The highest BCUT2D eigenvalue weighted by atomic mass is 19.4. The van der Waals surface area contributed by atoms with Gasteiger partial charge >= 0.3 is 6.18 Å². The molecule has 9 heteroatoms. The zero-order chi connectivity index (χ0) is 20.8. The van der Waals surface area contributed by atoms with Crippen LogP contribution in [-0.4, -0.2) is 21.9 Å². The highest BCUT2D eigenvalue weighted by molar-refractivity contribution is 6.07. The second kappa shape index (κ2) is 6.98. The molecule has 0 aliphatic carbocycles. The molecule has 2 N–H and O–H groups in total. The van der Waals surface area contributed by atoms with Gasteiger partial charge in [0.05, 0.1) is 18.5 Å². The van der Waals surface area contributed by atoms with Crippen molar-refractivity contribution in [2.75, 3.05) is 10.6 Å². The van der Waals surface area contributed by atoms with Crippen molar-refractivity contribution in [2.45, 2.75) is 38.5 Å². The molecule has 1 aromatic carbocycles. The van der Waals surface area contributed by atoms with Crippen LogP contribution in [0.25, 0.3) is 0 Å². The molecular formula is C20H19F3N4O2. The monoisotopic (exact) mass is 404 g/mol. The zero-order valence-electron chi connectivity index (χ0n) is 15.7. The highest BCUT2D eigenvalue weighted by Gasteiger charge is 2.47. The van der Waals surface area contributed by atoms with Crippen LogP contribution in [0.5, 0.6) is 0 Å². The number of hydrogen-bond donors (Lipinski definition) is 2.